The van der Waals surface area contributed by atoms with Gasteiger partial charge in [0.25, 0.3) is 0 Å². The number of hydrogen-bond acceptors (Lipinski definition) is 4. The molecule has 5 heteroatoms. The molecule has 0 fully saturated rings. The lowest BCUT2D eigenvalue weighted by molar-refractivity contribution is -0.136. The largest absolute Gasteiger partial charge is 0.481 e. The summed E-state index contributed by atoms with van der Waals surface area (Å²) in [6, 6.07) is 0. The number of rotatable bonds is 7. The summed E-state index contributed by atoms with van der Waals surface area (Å²) < 4.78 is 5.06. The minimum atomic E-state index is -0.770. The maximum atomic E-state index is 10.5. The van der Waals surface area contributed by atoms with Gasteiger partial charge in [0.05, 0.1) is 23.7 Å². The Hall–Kier alpha value is -0.940. The second-order valence-electron chi connectivity index (χ2n) is 3.55. The van der Waals surface area contributed by atoms with Crippen LogP contribution in [0, 0.1) is 0 Å². The van der Waals surface area contributed by atoms with E-state index in [9.17, 15) is 4.79 Å². The summed E-state index contributed by atoms with van der Waals surface area (Å²) in [5.74, 6) is -0.770. The van der Waals surface area contributed by atoms with Crippen LogP contribution in [0.4, 0.5) is 0 Å². The van der Waals surface area contributed by atoms with Crippen LogP contribution in [0.15, 0.2) is 0 Å². The molecule has 0 aromatic carbocycles. The summed E-state index contributed by atoms with van der Waals surface area (Å²) in [7, 11) is 1.62. The predicted molar refractivity (Wildman–Crippen MR) is 62.8 cm³/mol. The van der Waals surface area contributed by atoms with Gasteiger partial charge in [-0.05, 0) is 19.3 Å². The second-order valence-corrected chi connectivity index (χ2v) is 4.72. The maximum Gasteiger partial charge on any atom is 0.303 e. The Kier molecular flexibility index (Phi) is 5.42. The van der Waals surface area contributed by atoms with Crippen LogP contribution in [-0.4, -0.2) is 23.2 Å². The van der Waals surface area contributed by atoms with Gasteiger partial charge in [0.2, 0.25) is 0 Å². The minimum absolute atomic E-state index is 0.157. The lowest BCUT2D eigenvalue weighted by Crippen LogP contribution is -1.99. The molecule has 1 rings (SSSR count). The molecule has 0 atom stereocenters. The molecule has 4 nitrogen and oxygen atoms in total. The van der Waals surface area contributed by atoms with Crippen molar-refractivity contribution < 1.29 is 14.6 Å². The standard InChI is InChI=1S/C11H17NO3S/c1-3-4-10-12-8(7-15-2)9(16-10)5-6-11(13)14/h3-7H2,1-2H3,(H,13,14). The van der Waals surface area contributed by atoms with Crippen LogP contribution >= 0.6 is 11.3 Å². The van der Waals surface area contributed by atoms with Gasteiger partial charge in [-0.1, -0.05) is 6.92 Å². The Morgan fingerprint density at radius 1 is 1.50 bits per heavy atom. The molecule has 1 heterocycles. The molecule has 16 heavy (non-hydrogen) atoms. The fourth-order valence-corrected chi connectivity index (χ4v) is 2.60. The number of aryl methyl sites for hydroxylation is 2. The Balaban J connectivity index is 2.73. The van der Waals surface area contributed by atoms with E-state index in [2.05, 4.69) is 11.9 Å². The van der Waals surface area contributed by atoms with Gasteiger partial charge in [-0.25, -0.2) is 4.98 Å². The van der Waals surface area contributed by atoms with E-state index in [0.717, 1.165) is 28.4 Å². The number of carboxylic acids is 1. The topological polar surface area (TPSA) is 59.4 Å². The molecule has 0 saturated heterocycles. The van der Waals surface area contributed by atoms with Crippen LogP contribution in [0.2, 0.25) is 0 Å². The molecular weight excluding hydrogens is 226 g/mol. The zero-order valence-corrected chi connectivity index (χ0v) is 10.5. The lowest BCUT2D eigenvalue weighted by atomic mass is 10.2. The zero-order valence-electron chi connectivity index (χ0n) is 9.65. The summed E-state index contributed by atoms with van der Waals surface area (Å²) in [6.07, 6.45) is 2.71. The second kappa shape index (κ2) is 6.60. The van der Waals surface area contributed by atoms with Gasteiger partial charge in [-0.2, -0.15) is 0 Å². The molecule has 0 bridgehead atoms. The molecule has 0 amide bonds. The van der Waals surface area contributed by atoms with Crippen molar-refractivity contribution in [3.63, 3.8) is 0 Å². The van der Waals surface area contributed by atoms with E-state index in [1.165, 1.54) is 0 Å². The normalized spacial score (nSPS) is 10.6. The highest BCUT2D eigenvalue weighted by molar-refractivity contribution is 7.11. The Bertz CT molecular complexity index is 349. The first-order valence-electron chi connectivity index (χ1n) is 5.35. The highest BCUT2D eigenvalue weighted by atomic mass is 32.1. The summed E-state index contributed by atoms with van der Waals surface area (Å²) in [5.41, 5.74) is 0.900. The van der Waals surface area contributed by atoms with Crippen LogP contribution in [0.25, 0.3) is 0 Å². The number of carbonyl (C=O) groups is 1. The Labute approximate surface area is 99.3 Å². The molecular formula is C11H17NO3S. The molecule has 1 aromatic heterocycles. The van der Waals surface area contributed by atoms with E-state index in [1.54, 1.807) is 18.4 Å². The lowest BCUT2D eigenvalue weighted by Gasteiger charge is -1.98. The maximum absolute atomic E-state index is 10.5. The molecule has 0 radical (unpaired) electrons. The van der Waals surface area contributed by atoms with E-state index in [1.807, 2.05) is 0 Å². The van der Waals surface area contributed by atoms with Gasteiger partial charge in [-0.15, -0.1) is 11.3 Å². The van der Waals surface area contributed by atoms with E-state index in [4.69, 9.17) is 9.84 Å². The molecule has 0 saturated carbocycles. The van der Waals surface area contributed by atoms with Gasteiger partial charge in [0, 0.05) is 12.0 Å². The third-order valence-electron chi connectivity index (χ3n) is 2.13. The van der Waals surface area contributed by atoms with Gasteiger partial charge >= 0.3 is 5.97 Å². The van der Waals surface area contributed by atoms with Gasteiger partial charge in [0.1, 0.15) is 0 Å². The van der Waals surface area contributed by atoms with Gasteiger partial charge in [0.15, 0.2) is 0 Å². The third kappa shape index (κ3) is 3.90. The molecule has 0 aliphatic carbocycles. The van der Waals surface area contributed by atoms with Crippen molar-refractivity contribution in [3.05, 3.63) is 15.6 Å². The number of aliphatic carboxylic acids is 1. The average Bonchev–Trinajstić information content (AvgIpc) is 2.59. The molecule has 1 N–H and O–H groups in total. The number of nitrogens with zero attached hydrogens (tertiary/aromatic N) is 1. The molecule has 0 aliphatic rings. The smallest absolute Gasteiger partial charge is 0.303 e. The molecule has 0 unspecified atom stereocenters. The summed E-state index contributed by atoms with van der Waals surface area (Å²) >= 11 is 1.61. The highest BCUT2D eigenvalue weighted by Crippen LogP contribution is 2.22. The zero-order chi connectivity index (χ0) is 12.0. The number of aromatic nitrogens is 1. The number of methoxy groups -OCH3 is 1. The SMILES string of the molecule is CCCc1nc(COC)c(CCC(=O)O)s1. The summed E-state index contributed by atoms with van der Waals surface area (Å²) in [6.45, 7) is 2.57. The van der Waals surface area contributed by atoms with Crippen molar-refractivity contribution in [1.29, 1.82) is 0 Å². The number of ether oxygens (including phenoxy) is 1. The first-order valence-corrected chi connectivity index (χ1v) is 6.17. The first kappa shape index (κ1) is 13.1. The van der Waals surface area contributed by atoms with Crippen molar-refractivity contribution in [2.24, 2.45) is 0 Å². The van der Waals surface area contributed by atoms with Crippen LogP contribution in [0.5, 0.6) is 0 Å². The third-order valence-corrected chi connectivity index (χ3v) is 3.35. The van der Waals surface area contributed by atoms with Crippen LogP contribution < -0.4 is 0 Å². The number of thiazole rings is 1. The van der Waals surface area contributed by atoms with E-state index in [0.29, 0.717) is 13.0 Å². The van der Waals surface area contributed by atoms with Crippen LogP contribution in [0.1, 0.15) is 35.3 Å². The molecule has 0 spiro atoms. The minimum Gasteiger partial charge on any atom is -0.481 e. The molecule has 1 aromatic rings. The van der Waals surface area contributed by atoms with Crippen molar-refractivity contribution in [3.8, 4) is 0 Å². The number of hydrogen-bond donors (Lipinski definition) is 1. The van der Waals surface area contributed by atoms with E-state index in [-0.39, 0.29) is 6.42 Å². The van der Waals surface area contributed by atoms with E-state index < -0.39 is 5.97 Å². The van der Waals surface area contributed by atoms with Crippen molar-refractivity contribution in [1.82, 2.24) is 4.98 Å². The quantitative estimate of drug-likeness (QED) is 0.798. The van der Waals surface area contributed by atoms with Gasteiger partial charge < -0.3 is 9.84 Å². The monoisotopic (exact) mass is 243 g/mol. The van der Waals surface area contributed by atoms with E-state index >= 15 is 0 Å². The van der Waals surface area contributed by atoms with Crippen molar-refractivity contribution in [2.75, 3.05) is 7.11 Å². The number of carboxylic acid groups (broad SMARTS) is 1. The van der Waals surface area contributed by atoms with Crippen LogP contribution in [0.3, 0.4) is 0 Å². The van der Waals surface area contributed by atoms with Crippen LogP contribution in [-0.2, 0) is 29.0 Å². The molecule has 0 aliphatic heterocycles. The van der Waals surface area contributed by atoms with Crippen molar-refractivity contribution >= 4 is 17.3 Å². The van der Waals surface area contributed by atoms with Crippen molar-refractivity contribution in [2.45, 2.75) is 39.2 Å². The predicted octanol–water partition coefficient (Wildman–Crippen LogP) is 2.26. The average molecular weight is 243 g/mol. The summed E-state index contributed by atoms with van der Waals surface area (Å²) in [5, 5.41) is 9.74. The van der Waals surface area contributed by atoms with Gasteiger partial charge in [-0.3, -0.25) is 4.79 Å². The molecule has 90 valence electrons. The Morgan fingerprint density at radius 3 is 2.81 bits per heavy atom. The first-order chi connectivity index (χ1) is 7.67. The Morgan fingerprint density at radius 2 is 2.25 bits per heavy atom. The fourth-order valence-electron chi connectivity index (χ4n) is 1.42. The summed E-state index contributed by atoms with van der Waals surface area (Å²) in [4.78, 5) is 16.0. The fraction of sp³-hybridized carbons (Fsp3) is 0.636. The highest BCUT2D eigenvalue weighted by Gasteiger charge is 2.11.